The van der Waals surface area contributed by atoms with Gasteiger partial charge < -0.3 is 15.7 Å². The van der Waals surface area contributed by atoms with Crippen molar-refractivity contribution in [3.05, 3.63) is 29.8 Å². The molecule has 0 aliphatic heterocycles. The van der Waals surface area contributed by atoms with Crippen LogP contribution >= 0.6 is 0 Å². The molecule has 0 fully saturated rings. The van der Waals surface area contributed by atoms with Gasteiger partial charge in [-0.05, 0) is 50.2 Å². The lowest BCUT2D eigenvalue weighted by atomic mass is 10.0. The molecule has 3 N–H and O–H groups in total. The number of nitrogens with two attached hydrogens (primary N) is 1. The summed E-state index contributed by atoms with van der Waals surface area (Å²) in [6.45, 7) is 7.58. The quantitative estimate of drug-likeness (QED) is 0.761. The number of phenolic OH excluding ortho intramolecular Hbond substituents is 1. The third-order valence-electron chi connectivity index (χ3n) is 3.14. The van der Waals surface area contributed by atoms with Gasteiger partial charge in [0, 0.05) is 6.04 Å². The Morgan fingerprint density at radius 2 is 1.76 bits per heavy atom. The van der Waals surface area contributed by atoms with Gasteiger partial charge in [-0.1, -0.05) is 26.0 Å². The molecule has 1 atom stereocenters. The summed E-state index contributed by atoms with van der Waals surface area (Å²) in [4.78, 5) is 2.39. The maximum absolute atomic E-state index is 9.19. The van der Waals surface area contributed by atoms with Gasteiger partial charge >= 0.3 is 0 Å². The summed E-state index contributed by atoms with van der Waals surface area (Å²) >= 11 is 0. The number of hydrogen-bond donors (Lipinski definition) is 2. The Labute approximate surface area is 104 Å². The summed E-state index contributed by atoms with van der Waals surface area (Å²) in [6, 6.07) is 7.50. The lowest BCUT2D eigenvalue weighted by molar-refractivity contribution is 0.290. The summed E-state index contributed by atoms with van der Waals surface area (Å²) in [5, 5.41) is 9.19. The Bertz CT molecular complexity index is 307. The predicted molar refractivity (Wildman–Crippen MR) is 72.2 cm³/mol. The maximum Gasteiger partial charge on any atom is 0.115 e. The number of benzene rings is 1. The van der Waals surface area contributed by atoms with E-state index in [9.17, 15) is 5.11 Å². The van der Waals surface area contributed by atoms with Crippen LogP contribution in [0.4, 0.5) is 0 Å². The lowest BCUT2D eigenvalue weighted by Gasteiger charge is -2.20. The van der Waals surface area contributed by atoms with Crippen molar-refractivity contribution in [1.82, 2.24) is 4.90 Å². The van der Waals surface area contributed by atoms with Gasteiger partial charge in [0.05, 0.1) is 0 Å². The number of phenols is 1. The second kappa shape index (κ2) is 7.30. The van der Waals surface area contributed by atoms with Crippen molar-refractivity contribution in [2.75, 3.05) is 19.6 Å². The molecule has 1 aromatic rings. The molecule has 0 aliphatic carbocycles. The molecule has 1 unspecified atom stereocenters. The van der Waals surface area contributed by atoms with E-state index in [1.165, 1.54) is 5.56 Å². The molecule has 0 heterocycles. The van der Waals surface area contributed by atoms with Crippen LogP contribution in [0, 0.1) is 0 Å². The second-order valence-electron chi connectivity index (χ2n) is 4.45. The molecular weight excluding hydrogens is 212 g/mol. The average molecular weight is 236 g/mol. The fourth-order valence-corrected chi connectivity index (χ4v) is 1.93. The van der Waals surface area contributed by atoms with Gasteiger partial charge in [0.15, 0.2) is 0 Å². The van der Waals surface area contributed by atoms with Crippen molar-refractivity contribution in [2.45, 2.75) is 32.7 Å². The molecule has 0 radical (unpaired) electrons. The van der Waals surface area contributed by atoms with Gasteiger partial charge in [0.1, 0.15) is 5.75 Å². The molecule has 1 rings (SSSR count). The fraction of sp³-hybridized carbons (Fsp3) is 0.571. The van der Waals surface area contributed by atoms with Crippen LogP contribution in [0.3, 0.4) is 0 Å². The lowest BCUT2D eigenvalue weighted by Crippen LogP contribution is -2.31. The van der Waals surface area contributed by atoms with Crippen molar-refractivity contribution in [3.63, 3.8) is 0 Å². The van der Waals surface area contributed by atoms with Crippen molar-refractivity contribution >= 4 is 0 Å². The minimum Gasteiger partial charge on any atom is -0.508 e. The zero-order valence-corrected chi connectivity index (χ0v) is 10.9. The maximum atomic E-state index is 9.19. The Balaban J connectivity index is 2.34. The van der Waals surface area contributed by atoms with E-state index in [4.69, 9.17) is 5.73 Å². The SMILES string of the molecule is CCN(CC)CCC(N)Cc1ccc(O)cc1. The minimum atomic E-state index is 0.195. The molecule has 17 heavy (non-hydrogen) atoms. The van der Waals surface area contributed by atoms with Crippen LogP contribution < -0.4 is 5.73 Å². The summed E-state index contributed by atoms with van der Waals surface area (Å²) in [5.74, 6) is 0.311. The zero-order valence-electron chi connectivity index (χ0n) is 10.9. The van der Waals surface area contributed by atoms with E-state index < -0.39 is 0 Å². The highest BCUT2D eigenvalue weighted by atomic mass is 16.3. The highest BCUT2D eigenvalue weighted by Gasteiger charge is 2.06. The summed E-state index contributed by atoms with van der Waals surface area (Å²) < 4.78 is 0. The number of rotatable bonds is 7. The molecule has 3 heteroatoms. The first-order valence-corrected chi connectivity index (χ1v) is 6.41. The number of nitrogens with zero attached hydrogens (tertiary/aromatic N) is 1. The number of aromatic hydroxyl groups is 1. The third kappa shape index (κ3) is 5.20. The van der Waals surface area contributed by atoms with E-state index in [2.05, 4.69) is 18.7 Å². The molecule has 1 aromatic carbocycles. The third-order valence-corrected chi connectivity index (χ3v) is 3.14. The van der Waals surface area contributed by atoms with Gasteiger partial charge in [-0.3, -0.25) is 0 Å². The van der Waals surface area contributed by atoms with Crippen LogP contribution in [-0.2, 0) is 6.42 Å². The van der Waals surface area contributed by atoms with Gasteiger partial charge in [-0.25, -0.2) is 0 Å². The Hall–Kier alpha value is -1.06. The van der Waals surface area contributed by atoms with Crippen molar-refractivity contribution in [1.29, 1.82) is 0 Å². The van der Waals surface area contributed by atoms with Crippen LogP contribution in [0.1, 0.15) is 25.8 Å². The van der Waals surface area contributed by atoms with Crippen LogP contribution in [0.2, 0.25) is 0 Å². The average Bonchev–Trinajstić information content (AvgIpc) is 2.33. The Morgan fingerprint density at radius 3 is 2.29 bits per heavy atom. The normalized spacial score (nSPS) is 12.9. The van der Waals surface area contributed by atoms with E-state index >= 15 is 0 Å². The van der Waals surface area contributed by atoms with Crippen molar-refractivity contribution < 1.29 is 5.11 Å². The van der Waals surface area contributed by atoms with Gasteiger partial charge in [0.2, 0.25) is 0 Å². The molecule has 0 aliphatic rings. The van der Waals surface area contributed by atoms with Crippen LogP contribution in [0.25, 0.3) is 0 Å². The molecule has 0 saturated heterocycles. The minimum absolute atomic E-state index is 0.195. The topological polar surface area (TPSA) is 49.5 Å². The summed E-state index contributed by atoms with van der Waals surface area (Å²) in [5.41, 5.74) is 7.30. The van der Waals surface area contributed by atoms with E-state index in [1.54, 1.807) is 12.1 Å². The van der Waals surface area contributed by atoms with E-state index in [-0.39, 0.29) is 6.04 Å². The highest BCUT2D eigenvalue weighted by Crippen LogP contribution is 2.11. The standard InChI is InChI=1S/C14H24N2O/c1-3-16(4-2)10-9-13(15)11-12-5-7-14(17)8-6-12/h5-8,13,17H,3-4,9-11,15H2,1-2H3. The predicted octanol–water partition coefficient (Wildman–Crippen LogP) is 1.99. The van der Waals surface area contributed by atoms with E-state index in [0.29, 0.717) is 5.75 Å². The summed E-state index contributed by atoms with van der Waals surface area (Å²) in [6.07, 6.45) is 1.89. The first-order chi connectivity index (χ1) is 8.15. The Kier molecular flexibility index (Phi) is 6.01. The monoisotopic (exact) mass is 236 g/mol. The molecule has 0 aromatic heterocycles. The van der Waals surface area contributed by atoms with Crippen LogP contribution in [0.5, 0.6) is 5.75 Å². The van der Waals surface area contributed by atoms with Crippen molar-refractivity contribution in [3.8, 4) is 5.75 Å². The Morgan fingerprint density at radius 1 is 1.18 bits per heavy atom. The van der Waals surface area contributed by atoms with Crippen LogP contribution in [-0.4, -0.2) is 35.7 Å². The van der Waals surface area contributed by atoms with E-state index in [0.717, 1.165) is 32.5 Å². The molecule has 0 saturated carbocycles. The van der Waals surface area contributed by atoms with Crippen LogP contribution in [0.15, 0.2) is 24.3 Å². The molecular formula is C14H24N2O. The first-order valence-electron chi connectivity index (χ1n) is 6.41. The molecule has 96 valence electrons. The molecule has 0 amide bonds. The molecule has 0 spiro atoms. The first kappa shape index (κ1) is 14.0. The zero-order chi connectivity index (χ0) is 12.7. The molecule has 0 bridgehead atoms. The van der Waals surface area contributed by atoms with Crippen molar-refractivity contribution in [2.24, 2.45) is 5.73 Å². The number of hydrogen-bond acceptors (Lipinski definition) is 3. The largest absolute Gasteiger partial charge is 0.508 e. The smallest absolute Gasteiger partial charge is 0.115 e. The van der Waals surface area contributed by atoms with Gasteiger partial charge in [0.25, 0.3) is 0 Å². The highest BCUT2D eigenvalue weighted by molar-refractivity contribution is 5.26. The fourth-order valence-electron chi connectivity index (χ4n) is 1.93. The second-order valence-corrected chi connectivity index (χ2v) is 4.45. The summed E-state index contributed by atoms with van der Waals surface area (Å²) in [7, 11) is 0. The molecule has 3 nitrogen and oxygen atoms in total. The van der Waals surface area contributed by atoms with Gasteiger partial charge in [-0.2, -0.15) is 0 Å². The van der Waals surface area contributed by atoms with E-state index in [1.807, 2.05) is 12.1 Å². The van der Waals surface area contributed by atoms with Gasteiger partial charge in [-0.15, -0.1) is 0 Å².